The molecular formula is C10H18N4O. The Kier molecular flexibility index (Phi) is 3.85. The Hall–Kier alpha value is -1.36. The highest BCUT2D eigenvalue weighted by atomic mass is 16.1. The van der Waals surface area contributed by atoms with Crippen LogP contribution in [-0.4, -0.2) is 22.1 Å². The molecule has 5 nitrogen and oxygen atoms in total. The molecule has 1 rings (SSSR count). The summed E-state index contributed by atoms with van der Waals surface area (Å²) in [5.74, 6) is 0.685. The molecule has 0 aliphatic rings. The summed E-state index contributed by atoms with van der Waals surface area (Å²) >= 11 is 0. The van der Waals surface area contributed by atoms with Crippen molar-refractivity contribution in [2.45, 2.75) is 19.9 Å². The van der Waals surface area contributed by atoms with Crippen LogP contribution in [0.1, 0.15) is 13.8 Å². The topological polar surface area (TPSA) is 72.9 Å². The molecule has 0 fully saturated rings. The monoisotopic (exact) mass is 210 g/mol. The normalized spacial score (nSPS) is 14.7. The Morgan fingerprint density at radius 3 is 2.87 bits per heavy atom. The summed E-state index contributed by atoms with van der Waals surface area (Å²) in [4.78, 5) is 15.6. The number of rotatable bonds is 4. The molecule has 0 aliphatic heterocycles. The van der Waals surface area contributed by atoms with E-state index in [2.05, 4.69) is 10.3 Å². The van der Waals surface area contributed by atoms with Crippen molar-refractivity contribution in [3.05, 3.63) is 22.7 Å². The summed E-state index contributed by atoms with van der Waals surface area (Å²) in [5, 5.41) is 3.08. The Labute approximate surface area is 89.3 Å². The van der Waals surface area contributed by atoms with Crippen LogP contribution in [-0.2, 0) is 7.05 Å². The fourth-order valence-corrected chi connectivity index (χ4v) is 1.16. The fourth-order valence-electron chi connectivity index (χ4n) is 1.16. The second-order valence-electron chi connectivity index (χ2n) is 3.84. The van der Waals surface area contributed by atoms with Gasteiger partial charge in [-0.1, -0.05) is 6.92 Å². The molecule has 5 heteroatoms. The van der Waals surface area contributed by atoms with Crippen molar-refractivity contribution in [2.24, 2.45) is 18.7 Å². The van der Waals surface area contributed by atoms with Crippen LogP contribution in [0.5, 0.6) is 0 Å². The first-order valence-corrected chi connectivity index (χ1v) is 5.04. The predicted octanol–water partition coefficient (Wildman–Crippen LogP) is 0.175. The number of aryl methyl sites for hydroxylation is 1. The third-order valence-corrected chi connectivity index (χ3v) is 2.61. The molecule has 0 saturated heterocycles. The van der Waals surface area contributed by atoms with Gasteiger partial charge in [-0.2, -0.15) is 0 Å². The van der Waals surface area contributed by atoms with Crippen LogP contribution in [0, 0.1) is 5.92 Å². The van der Waals surface area contributed by atoms with Gasteiger partial charge in [-0.05, 0) is 19.4 Å². The number of aromatic nitrogens is 2. The van der Waals surface area contributed by atoms with Crippen molar-refractivity contribution >= 4 is 5.82 Å². The highest BCUT2D eigenvalue weighted by Gasteiger charge is 2.12. The molecule has 84 valence electrons. The zero-order chi connectivity index (χ0) is 11.4. The summed E-state index contributed by atoms with van der Waals surface area (Å²) in [5.41, 5.74) is 5.43. The Bertz CT molecular complexity index is 374. The first-order chi connectivity index (χ1) is 7.06. The van der Waals surface area contributed by atoms with Crippen molar-refractivity contribution in [1.82, 2.24) is 9.55 Å². The van der Waals surface area contributed by atoms with Crippen LogP contribution in [0.3, 0.4) is 0 Å². The summed E-state index contributed by atoms with van der Waals surface area (Å²) in [6.45, 7) is 4.61. The van der Waals surface area contributed by atoms with Crippen LogP contribution >= 0.6 is 0 Å². The van der Waals surface area contributed by atoms with E-state index < -0.39 is 0 Å². The average molecular weight is 210 g/mol. The van der Waals surface area contributed by atoms with Gasteiger partial charge in [-0.25, -0.2) is 4.98 Å². The van der Waals surface area contributed by atoms with Crippen molar-refractivity contribution < 1.29 is 0 Å². The molecule has 3 N–H and O–H groups in total. The number of nitrogens with zero attached hydrogens (tertiary/aromatic N) is 2. The molecule has 0 aromatic carbocycles. The standard InChI is InChI=1S/C10H18N4O/c1-7(6-11)8(2)13-9-10(15)14(3)5-4-12-9/h4-5,7-8H,6,11H2,1-3H3,(H,12,13). The first kappa shape index (κ1) is 11.7. The number of hydrogen-bond acceptors (Lipinski definition) is 4. The lowest BCUT2D eigenvalue weighted by atomic mass is 10.0. The zero-order valence-electron chi connectivity index (χ0n) is 9.40. The van der Waals surface area contributed by atoms with Gasteiger partial charge in [0.25, 0.3) is 5.56 Å². The van der Waals surface area contributed by atoms with Crippen molar-refractivity contribution in [3.63, 3.8) is 0 Å². The minimum absolute atomic E-state index is 0.117. The van der Waals surface area contributed by atoms with E-state index in [0.29, 0.717) is 18.3 Å². The van der Waals surface area contributed by atoms with Gasteiger partial charge in [-0.3, -0.25) is 4.79 Å². The van der Waals surface area contributed by atoms with Crippen molar-refractivity contribution in [3.8, 4) is 0 Å². The summed E-state index contributed by atoms with van der Waals surface area (Å²) in [6, 6.07) is 0.137. The maximum Gasteiger partial charge on any atom is 0.293 e. The van der Waals surface area contributed by atoms with Crippen LogP contribution < -0.4 is 16.6 Å². The van der Waals surface area contributed by atoms with Gasteiger partial charge in [0.2, 0.25) is 0 Å². The lowest BCUT2D eigenvalue weighted by molar-refractivity contribution is 0.519. The average Bonchev–Trinajstić information content (AvgIpc) is 2.23. The molecule has 0 amide bonds. The summed E-state index contributed by atoms with van der Waals surface area (Å²) in [6.07, 6.45) is 3.23. The van der Waals surface area contributed by atoms with Crippen LogP contribution in [0.4, 0.5) is 5.82 Å². The van der Waals surface area contributed by atoms with E-state index in [-0.39, 0.29) is 11.6 Å². The largest absolute Gasteiger partial charge is 0.363 e. The quantitative estimate of drug-likeness (QED) is 0.743. The predicted molar refractivity (Wildman–Crippen MR) is 60.8 cm³/mol. The molecule has 0 radical (unpaired) electrons. The number of anilines is 1. The Morgan fingerprint density at radius 1 is 1.60 bits per heavy atom. The van der Waals surface area contributed by atoms with Crippen LogP contribution in [0.2, 0.25) is 0 Å². The second-order valence-corrected chi connectivity index (χ2v) is 3.84. The Balaban J connectivity index is 2.81. The third kappa shape index (κ3) is 2.79. The van der Waals surface area contributed by atoms with Crippen LogP contribution in [0.15, 0.2) is 17.2 Å². The third-order valence-electron chi connectivity index (χ3n) is 2.61. The van der Waals surface area contributed by atoms with Crippen molar-refractivity contribution in [1.29, 1.82) is 0 Å². The molecule has 1 heterocycles. The van der Waals surface area contributed by atoms with E-state index in [1.54, 1.807) is 19.4 Å². The molecular weight excluding hydrogens is 192 g/mol. The molecule has 2 unspecified atom stereocenters. The molecule has 1 aromatic heterocycles. The molecule has 15 heavy (non-hydrogen) atoms. The van der Waals surface area contributed by atoms with Gasteiger partial charge in [0.1, 0.15) is 0 Å². The molecule has 1 aromatic rings. The number of hydrogen-bond donors (Lipinski definition) is 2. The first-order valence-electron chi connectivity index (χ1n) is 5.04. The number of nitrogens with one attached hydrogen (secondary N) is 1. The summed E-state index contributed by atoms with van der Waals surface area (Å²) in [7, 11) is 1.70. The van der Waals surface area contributed by atoms with Gasteiger partial charge in [-0.15, -0.1) is 0 Å². The SMILES string of the molecule is CC(CN)C(C)Nc1nccn(C)c1=O. The highest BCUT2D eigenvalue weighted by molar-refractivity contribution is 5.32. The highest BCUT2D eigenvalue weighted by Crippen LogP contribution is 2.05. The van der Waals surface area contributed by atoms with Gasteiger partial charge >= 0.3 is 0 Å². The van der Waals surface area contributed by atoms with Crippen molar-refractivity contribution in [2.75, 3.05) is 11.9 Å². The fraction of sp³-hybridized carbons (Fsp3) is 0.600. The lowest BCUT2D eigenvalue weighted by Gasteiger charge is -2.19. The van der Waals surface area contributed by atoms with E-state index in [4.69, 9.17) is 5.73 Å². The van der Waals surface area contributed by atoms with E-state index in [1.807, 2.05) is 13.8 Å². The van der Waals surface area contributed by atoms with Gasteiger partial charge in [0.15, 0.2) is 5.82 Å². The minimum atomic E-state index is -0.117. The van der Waals surface area contributed by atoms with E-state index >= 15 is 0 Å². The van der Waals surface area contributed by atoms with Gasteiger partial charge in [0, 0.05) is 25.5 Å². The Morgan fingerprint density at radius 2 is 2.27 bits per heavy atom. The zero-order valence-corrected chi connectivity index (χ0v) is 9.40. The molecule has 2 atom stereocenters. The summed E-state index contributed by atoms with van der Waals surface area (Å²) < 4.78 is 1.50. The number of nitrogens with two attached hydrogens (primary N) is 1. The van der Waals surface area contributed by atoms with Gasteiger partial charge in [0.05, 0.1) is 0 Å². The molecule has 0 aliphatic carbocycles. The second kappa shape index (κ2) is 4.93. The van der Waals surface area contributed by atoms with E-state index in [0.717, 1.165) is 0 Å². The minimum Gasteiger partial charge on any atom is -0.363 e. The van der Waals surface area contributed by atoms with E-state index in [1.165, 1.54) is 4.57 Å². The lowest BCUT2D eigenvalue weighted by Crippen LogP contribution is -2.33. The van der Waals surface area contributed by atoms with Gasteiger partial charge < -0.3 is 15.6 Å². The molecule has 0 bridgehead atoms. The smallest absolute Gasteiger partial charge is 0.293 e. The molecule has 0 spiro atoms. The van der Waals surface area contributed by atoms with E-state index in [9.17, 15) is 4.79 Å². The maximum atomic E-state index is 11.6. The van der Waals surface area contributed by atoms with Crippen LogP contribution in [0.25, 0.3) is 0 Å². The maximum absolute atomic E-state index is 11.6. The molecule has 0 saturated carbocycles.